The van der Waals surface area contributed by atoms with Gasteiger partial charge in [-0.2, -0.15) is 0 Å². The first-order valence-electron chi connectivity index (χ1n) is 6.12. The lowest BCUT2D eigenvalue weighted by atomic mass is 10.2. The zero-order chi connectivity index (χ0) is 13.7. The van der Waals surface area contributed by atoms with Crippen LogP contribution in [0.1, 0.15) is 10.4 Å². The Morgan fingerprint density at radius 2 is 2.16 bits per heavy atom. The summed E-state index contributed by atoms with van der Waals surface area (Å²) in [5.74, 6) is -1.07. The number of halogens is 1. The number of carboxylic acids is 1. The number of carboxylic acid groups (broad SMARTS) is 1. The Labute approximate surface area is 115 Å². The van der Waals surface area contributed by atoms with Crippen LogP contribution in [0.25, 0.3) is 0 Å². The van der Waals surface area contributed by atoms with Crippen LogP contribution >= 0.6 is 11.8 Å². The van der Waals surface area contributed by atoms with E-state index in [-0.39, 0.29) is 5.56 Å². The van der Waals surface area contributed by atoms with Crippen LogP contribution in [0, 0.1) is 5.82 Å². The molecule has 0 radical (unpaired) electrons. The minimum Gasteiger partial charge on any atom is -0.478 e. The highest BCUT2D eigenvalue weighted by atomic mass is 32.2. The molecule has 0 spiro atoms. The molecule has 0 saturated carbocycles. The summed E-state index contributed by atoms with van der Waals surface area (Å²) < 4.78 is 18.5. The number of aromatic carboxylic acids is 1. The third-order valence-corrected chi connectivity index (χ3v) is 3.92. The molecule has 0 atom stereocenters. The summed E-state index contributed by atoms with van der Waals surface area (Å²) in [6.45, 7) is 4.33. The Hall–Kier alpha value is -1.11. The van der Waals surface area contributed by atoms with Crippen molar-refractivity contribution in [3.63, 3.8) is 0 Å². The molecule has 0 amide bonds. The number of morpholine rings is 1. The number of nitrogens with zero attached hydrogens (tertiary/aromatic N) is 1. The minimum absolute atomic E-state index is 0.267. The number of benzene rings is 1. The summed E-state index contributed by atoms with van der Waals surface area (Å²) in [5, 5.41) is 8.85. The van der Waals surface area contributed by atoms with Crippen molar-refractivity contribution < 1.29 is 19.0 Å². The molecule has 0 bridgehead atoms. The van der Waals surface area contributed by atoms with E-state index in [1.165, 1.54) is 12.1 Å². The standard InChI is InChI=1S/C13H16FNO3S/c14-12-2-1-10(9-11(12)13(16)17)19-8-5-15-3-6-18-7-4-15/h1-2,9H,3-8H2,(H,16,17). The van der Waals surface area contributed by atoms with E-state index in [4.69, 9.17) is 9.84 Å². The van der Waals surface area contributed by atoms with Crippen molar-refractivity contribution in [2.24, 2.45) is 0 Å². The largest absolute Gasteiger partial charge is 0.478 e. The van der Waals surface area contributed by atoms with Gasteiger partial charge in [-0.15, -0.1) is 11.8 Å². The van der Waals surface area contributed by atoms with E-state index in [9.17, 15) is 9.18 Å². The van der Waals surface area contributed by atoms with Crippen LogP contribution < -0.4 is 0 Å². The van der Waals surface area contributed by atoms with Crippen molar-refractivity contribution in [1.29, 1.82) is 0 Å². The highest BCUT2D eigenvalue weighted by Crippen LogP contribution is 2.21. The Morgan fingerprint density at radius 1 is 1.42 bits per heavy atom. The molecule has 0 aromatic heterocycles. The van der Waals surface area contributed by atoms with Gasteiger partial charge in [-0.3, -0.25) is 4.90 Å². The second-order valence-electron chi connectivity index (χ2n) is 4.25. The zero-order valence-corrected chi connectivity index (χ0v) is 11.3. The molecule has 1 fully saturated rings. The number of ether oxygens (including phenoxy) is 1. The van der Waals surface area contributed by atoms with Gasteiger partial charge in [-0.1, -0.05) is 0 Å². The molecule has 0 unspecified atom stereocenters. The highest BCUT2D eigenvalue weighted by Gasteiger charge is 2.12. The minimum atomic E-state index is -1.23. The molecule has 0 aliphatic carbocycles. The fraction of sp³-hybridized carbons (Fsp3) is 0.462. The lowest BCUT2D eigenvalue weighted by Crippen LogP contribution is -2.37. The zero-order valence-electron chi connectivity index (χ0n) is 10.5. The first-order chi connectivity index (χ1) is 9.16. The predicted octanol–water partition coefficient (Wildman–Crippen LogP) is 1.95. The van der Waals surface area contributed by atoms with E-state index in [2.05, 4.69) is 4.90 Å². The van der Waals surface area contributed by atoms with Gasteiger partial charge < -0.3 is 9.84 Å². The maximum atomic E-state index is 13.2. The molecular formula is C13H16FNO3S. The molecule has 1 aliphatic rings. The quantitative estimate of drug-likeness (QED) is 0.838. The Bertz CT molecular complexity index is 450. The molecule has 1 aromatic rings. The van der Waals surface area contributed by atoms with Crippen LogP contribution in [-0.2, 0) is 4.74 Å². The summed E-state index contributed by atoms with van der Waals surface area (Å²) in [6.07, 6.45) is 0. The van der Waals surface area contributed by atoms with Crippen LogP contribution in [-0.4, -0.2) is 54.6 Å². The highest BCUT2D eigenvalue weighted by molar-refractivity contribution is 7.99. The normalized spacial score (nSPS) is 16.5. The smallest absolute Gasteiger partial charge is 0.338 e. The van der Waals surface area contributed by atoms with Gasteiger partial charge in [0, 0.05) is 30.3 Å². The summed E-state index contributed by atoms with van der Waals surface area (Å²) in [5.41, 5.74) is -0.267. The lowest BCUT2D eigenvalue weighted by molar-refractivity contribution is 0.0410. The molecule has 4 nitrogen and oxygen atoms in total. The summed E-state index contributed by atoms with van der Waals surface area (Å²) in [4.78, 5) is 13.9. The fourth-order valence-electron chi connectivity index (χ4n) is 1.88. The van der Waals surface area contributed by atoms with Gasteiger partial charge in [0.15, 0.2) is 0 Å². The maximum absolute atomic E-state index is 13.2. The van der Waals surface area contributed by atoms with Gasteiger partial charge in [0.2, 0.25) is 0 Å². The molecule has 1 N–H and O–H groups in total. The Kier molecular flexibility index (Phi) is 5.18. The topological polar surface area (TPSA) is 49.8 Å². The second kappa shape index (κ2) is 6.88. The SMILES string of the molecule is O=C(O)c1cc(SCCN2CCOCC2)ccc1F. The third kappa shape index (κ3) is 4.19. The molecule has 2 rings (SSSR count). The molecule has 19 heavy (non-hydrogen) atoms. The van der Waals surface area contributed by atoms with Crippen LogP contribution in [0.4, 0.5) is 4.39 Å². The van der Waals surface area contributed by atoms with E-state index < -0.39 is 11.8 Å². The monoisotopic (exact) mass is 285 g/mol. The van der Waals surface area contributed by atoms with Gasteiger partial charge >= 0.3 is 5.97 Å². The Balaban J connectivity index is 1.85. The van der Waals surface area contributed by atoms with Crippen LogP contribution in [0.15, 0.2) is 23.1 Å². The molecule has 1 saturated heterocycles. The first-order valence-corrected chi connectivity index (χ1v) is 7.11. The molecule has 1 heterocycles. The van der Waals surface area contributed by atoms with Crippen molar-refractivity contribution in [3.05, 3.63) is 29.6 Å². The third-order valence-electron chi connectivity index (χ3n) is 2.95. The van der Waals surface area contributed by atoms with Crippen LogP contribution in [0.2, 0.25) is 0 Å². The summed E-state index contributed by atoms with van der Waals surface area (Å²) >= 11 is 1.54. The van der Waals surface area contributed by atoms with Crippen molar-refractivity contribution in [2.45, 2.75) is 4.90 Å². The Morgan fingerprint density at radius 3 is 2.84 bits per heavy atom. The van der Waals surface area contributed by atoms with Gasteiger partial charge in [0.1, 0.15) is 5.82 Å². The average molecular weight is 285 g/mol. The summed E-state index contributed by atoms with van der Waals surface area (Å²) in [7, 11) is 0. The van der Waals surface area contributed by atoms with Gasteiger partial charge in [-0.25, -0.2) is 9.18 Å². The van der Waals surface area contributed by atoms with E-state index in [0.29, 0.717) is 0 Å². The molecule has 1 aromatic carbocycles. The summed E-state index contributed by atoms with van der Waals surface area (Å²) in [6, 6.07) is 4.22. The number of carbonyl (C=O) groups is 1. The van der Waals surface area contributed by atoms with E-state index in [1.807, 2.05) is 0 Å². The van der Waals surface area contributed by atoms with Gasteiger partial charge in [-0.05, 0) is 18.2 Å². The molecule has 104 valence electrons. The van der Waals surface area contributed by atoms with Crippen molar-refractivity contribution in [1.82, 2.24) is 4.90 Å². The van der Waals surface area contributed by atoms with Crippen LogP contribution in [0.3, 0.4) is 0 Å². The van der Waals surface area contributed by atoms with Gasteiger partial charge in [0.05, 0.1) is 18.8 Å². The average Bonchev–Trinajstić information content (AvgIpc) is 2.41. The second-order valence-corrected chi connectivity index (χ2v) is 5.42. The van der Waals surface area contributed by atoms with Crippen molar-refractivity contribution in [2.75, 3.05) is 38.6 Å². The predicted molar refractivity (Wildman–Crippen MR) is 71.3 cm³/mol. The van der Waals surface area contributed by atoms with E-state index in [1.54, 1.807) is 17.8 Å². The number of hydrogen-bond donors (Lipinski definition) is 1. The number of hydrogen-bond acceptors (Lipinski definition) is 4. The number of rotatable bonds is 5. The van der Waals surface area contributed by atoms with Gasteiger partial charge in [0.25, 0.3) is 0 Å². The van der Waals surface area contributed by atoms with E-state index in [0.717, 1.165) is 43.5 Å². The fourth-order valence-corrected chi connectivity index (χ4v) is 2.83. The van der Waals surface area contributed by atoms with Crippen LogP contribution in [0.5, 0.6) is 0 Å². The van der Waals surface area contributed by atoms with E-state index >= 15 is 0 Å². The maximum Gasteiger partial charge on any atom is 0.338 e. The van der Waals surface area contributed by atoms with Crippen molar-refractivity contribution in [3.8, 4) is 0 Å². The molecule has 6 heteroatoms. The number of thioether (sulfide) groups is 1. The molecular weight excluding hydrogens is 269 g/mol. The lowest BCUT2D eigenvalue weighted by Gasteiger charge is -2.26. The van der Waals surface area contributed by atoms with Crippen molar-refractivity contribution >= 4 is 17.7 Å². The molecule has 1 aliphatic heterocycles. The first kappa shape index (κ1) is 14.3.